The number of alkyl halides is 3. The predicted octanol–water partition coefficient (Wildman–Crippen LogP) is 3.56. The molecule has 0 aliphatic heterocycles. The van der Waals surface area contributed by atoms with E-state index in [9.17, 15) is 22.8 Å². The van der Waals surface area contributed by atoms with Crippen molar-refractivity contribution >= 4 is 17.7 Å². The van der Waals surface area contributed by atoms with Crippen molar-refractivity contribution in [1.82, 2.24) is 5.32 Å². The number of nitrogens with one attached hydrogen (secondary N) is 2. The summed E-state index contributed by atoms with van der Waals surface area (Å²) in [6, 6.07) is 3.09. The van der Waals surface area contributed by atoms with Crippen LogP contribution in [0.1, 0.15) is 33.3 Å². The van der Waals surface area contributed by atoms with Gasteiger partial charge >= 0.3 is 12.3 Å². The van der Waals surface area contributed by atoms with Crippen molar-refractivity contribution in [3.63, 3.8) is 0 Å². The first kappa shape index (κ1) is 18.8. The summed E-state index contributed by atoms with van der Waals surface area (Å²) in [7, 11) is 0. The third-order valence-corrected chi connectivity index (χ3v) is 2.61. The summed E-state index contributed by atoms with van der Waals surface area (Å²) < 4.78 is 42.3. The van der Waals surface area contributed by atoms with Crippen LogP contribution in [0.15, 0.2) is 24.3 Å². The highest BCUT2D eigenvalue weighted by Gasteiger charge is 2.30. The fraction of sp³-hybridized carbons (Fsp3) is 0.467. The first-order valence-corrected chi connectivity index (χ1v) is 6.86. The SMILES string of the molecule is C[C@@H](NC(=O)OC(C)(C)C)C(=O)Nc1ccc(C(F)(F)F)cc1. The summed E-state index contributed by atoms with van der Waals surface area (Å²) in [6.45, 7) is 6.47. The standard InChI is InChI=1S/C15H19F3N2O3/c1-9(19-13(22)23-14(2,3)4)12(21)20-11-7-5-10(6-8-11)15(16,17)18/h5-9H,1-4H3,(H,19,22)(H,20,21)/t9-/m1/s1. The molecule has 1 aromatic carbocycles. The van der Waals surface area contributed by atoms with Crippen molar-refractivity contribution < 1.29 is 27.5 Å². The molecule has 8 heteroatoms. The Morgan fingerprint density at radius 1 is 1.09 bits per heavy atom. The fourth-order valence-corrected chi connectivity index (χ4v) is 1.54. The number of halogens is 3. The number of hydrogen-bond donors (Lipinski definition) is 2. The molecule has 2 amide bonds. The second-order valence-corrected chi connectivity index (χ2v) is 5.93. The van der Waals surface area contributed by atoms with Crippen LogP contribution < -0.4 is 10.6 Å². The molecule has 0 aromatic heterocycles. The lowest BCUT2D eigenvalue weighted by Crippen LogP contribution is -2.43. The second kappa shape index (κ2) is 6.89. The smallest absolute Gasteiger partial charge is 0.416 e. The molecular formula is C15H19F3N2O3. The fourth-order valence-electron chi connectivity index (χ4n) is 1.54. The Morgan fingerprint density at radius 2 is 1.61 bits per heavy atom. The summed E-state index contributed by atoms with van der Waals surface area (Å²) in [5, 5.41) is 4.75. The maximum absolute atomic E-state index is 12.4. The quantitative estimate of drug-likeness (QED) is 0.889. The van der Waals surface area contributed by atoms with Crippen LogP contribution in [0.25, 0.3) is 0 Å². The van der Waals surface area contributed by atoms with Gasteiger partial charge in [0.05, 0.1) is 5.56 Å². The summed E-state index contributed by atoms with van der Waals surface area (Å²) >= 11 is 0. The number of carbonyl (C=O) groups is 2. The van der Waals surface area contributed by atoms with E-state index in [2.05, 4.69) is 10.6 Å². The molecule has 0 radical (unpaired) electrons. The minimum atomic E-state index is -4.44. The summed E-state index contributed by atoms with van der Waals surface area (Å²) in [4.78, 5) is 23.4. The molecule has 1 atom stereocenters. The number of anilines is 1. The van der Waals surface area contributed by atoms with Crippen LogP contribution in [0.5, 0.6) is 0 Å². The lowest BCUT2D eigenvalue weighted by molar-refractivity contribution is -0.137. The molecule has 1 rings (SSSR count). The zero-order valence-corrected chi connectivity index (χ0v) is 13.2. The van der Waals surface area contributed by atoms with E-state index in [-0.39, 0.29) is 5.69 Å². The van der Waals surface area contributed by atoms with Gasteiger partial charge in [0.15, 0.2) is 0 Å². The zero-order valence-electron chi connectivity index (χ0n) is 13.2. The lowest BCUT2D eigenvalue weighted by atomic mass is 10.2. The van der Waals surface area contributed by atoms with Crippen LogP contribution in [0, 0.1) is 0 Å². The highest BCUT2D eigenvalue weighted by Crippen LogP contribution is 2.29. The summed E-state index contributed by atoms with van der Waals surface area (Å²) in [5.41, 5.74) is -1.32. The van der Waals surface area contributed by atoms with Gasteiger partial charge in [-0.1, -0.05) is 0 Å². The van der Waals surface area contributed by atoms with Gasteiger partial charge in [-0.15, -0.1) is 0 Å². The maximum Gasteiger partial charge on any atom is 0.416 e. The van der Waals surface area contributed by atoms with Crippen LogP contribution >= 0.6 is 0 Å². The number of alkyl carbamates (subject to hydrolysis) is 1. The van der Waals surface area contributed by atoms with Crippen molar-refractivity contribution in [2.75, 3.05) is 5.32 Å². The monoisotopic (exact) mass is 332 g/mol. The first-order valence-electron chi connectivity index (χ1n) is 6.86. The Morgan fingerprint density at radius 3 is 2.04 bits per heavy atom. The number of amides is 2. The zero-order chi connectivity index (χ0) is 17.8. The van der Waals surface area contributed by atoms with E-state index in [4.69, 9.17) is 4.74 Å². The Hall–Kier alpha value is -2.25. The van der Waals surface area contributed by atoms with Crippen LogP contribution in [0.3, 0.4) is 0 Å². The number of hydrogen-bond acceptors (Lipinski definition) is 3. The van der Waals surface area contributed by atoms with Gasteiger partial charge in [0.2, 0.25) is 5.91 Å². The molecule has 0 saturated carbocycles. The number of benzene rings is 1. The number of ether oxygens (including phenoxy) is 1. The van der Waals surface area contributed by atoms with Gasteiger partial charge in [0.25, 0.3) is 0 Å². The van der Waals surface area contributed by atoms with E-state index in [1.165, 1.54) is 6.92 Å². The third-order valence-electron chi connectivity index (χ3n) is 2.61. The van der Waals surface area contributed by atoms with Crippen molar-refractivity contribution in [2.24, 2.45) is 0 Å². The third kappa shape index (κ3) is 6.58. The Kier molecular flexibility index (Phi) is 5.63. The van der Waals surface area contributed by atoms with Crippen LogP contribution in [-0.4, -0.2) is 23.6 Å². The molecule has 0 bridgehead atoms. The number of rotatable bonds is 3. The molecule has 0 aliphatic carbocycles. The minimum absolute atomic E-state index is 0.195. The van der Waals surface area contributed by atoms with Gasteiger partial charge in [-0.2, -0.15) is 13.2 Å². The molecule has 128 valence electrons. The molecule has 0 spiro atoms. The van der Waals surface area contributed by atoms with E-state index in [0.29, 0.717) is 0 Å². The van der Waals surface area contributed by atoms with Crippen molar-refractivity contribution in [2.45, 2.75) is 45.5 Å². The Balaban J connectivity index is 2.60. The van der Waals surface area contributed by atoms with Crippen molar-refractivity contribution in [3.8, 4) is 0 Å². The topological polar surface area (TPSA) is 67.4 Å². The molecule has 0 fully saturated rings. The molecule has 0 aliphatic rings. The molecular weight excluding hydrogens is 313 g/mol. The lowest BCUT2D eigenvalue weighted by Gasteiger charge is -2.21. The van der Waals surface area contributed by atoms with E-state index < -0.39 is 35.4 Å². The van der Waals surface area contributed by atoms with Gasteiger partial charge in [0.1, 0.15) is 11.6 Å². The molecule has 2 N–H and O–H groups in total. The second-order valence-electron chi connectivity index (χ2n) is 5.93. The average molecular weight is 332 g/mol. The van der Waals surface area contributed by atoms with E-state index in [1.54, 1.807) is 20.8 Å². The molecule has 5 nitrogen and oxygen atoms in total. The molecule has 23 heavy (non-hydrogen) atoms. The van der Waals surface area contributed by atoms with Crippen molar-refractivity contribution in [3.05, 3.63) is 29.8 Å². The van der Waals surface area contributed by atoms with Crippen LogP contribution in [0.4, 0.5) is 23.7 Å². The number of carbonyl (C=O) groups excluding carboxylic acids is 2. The highest BCUT2D eigenvalue weighted by molar-refractivity contribution is 5.96. The molecule has 0 saturated heterocycles. The highest BCUT2D eigenvalue weighted by atomic mass is 19.4. The van der Waals surface area contributed by atoms with Gasteiger partial charge in [-0.05, 0) is 52.0 Å². The van der Waals surface area contributed by atoms with Crippen molar-refractivity contribution in [1.29, 1.82) is 0 Å². The van der Waals surface area contributed by atoms with E-state index in [0.717, 1.165) is 24.3 Å². The van der Waals surface area contributed by atoms with E-state index in [1.807, 2.05) is 0 Å². The predicted molar refractivity (Wildman–Crippen MR) is 78.9 cm³/mol. The summed E-state index contributed by atoms with van der Waals surface area (Å²) in [5.74, 6) is -0.574. The molecule has 0 unspecified atom stereocenters. The Bertz CT molecular complexity index is 563. The average Bonchev–Trinajstić information content (AvgIpc) is 2.35. The minimum Gasteiger partial charge on any atom is -0.444 e. The molecule has 1 aromatic rings. The van der Waals surface area contributed by atoms with E-state index >= 15 is 0 Å². The van der Waals surface area contributed by atoms with Gasteiger partial charge in [0, 0.05) is 5.69 Å². The normalized spacial score (nSPS) is 13.2. The largest absolute Gasteiger partial charge is 0.444 e. The Labute approximate surface area is 132 Å². The molecule has 0 heterocycles. The van der Waals surface area contributed by atoms with Crippen LogP contribution in [0.2, 0.25) is 0 Å². The summed E-state index contributed by atoms with van der Waals surface area (Å²) in [6.07, 6.45) is -5.19. The van der Waals surface area contributed by atoms with Gasteiger partial charge in [-0.3, -0.25) is 4.79 Å². The first-order chi connectivity index (χ1) is 10.4. The maximum atomic E-state index is 12.4. The van der Waals surface area contributed by atoms with Crippen LogP contribution in [-0.2, 0) is 15.7 Å². The van der Waals surface area contributed by atoms with Gasteiger partial charge in [-0.25, -0.2) is 4.79 Å². The van der Waals surface area contributed by atoms with Gasteiger partial charge < -0.3 is 15.4 Å².